The van der Waals surface area contributed by atoms with E-state index < -0.39 is 31.5 Å². The average Bonchev–Trinajstić information content (AvgIpc) is 1.41. The molecule has 0 bridgehead atoms. The Hall–Kier alpha value is 0.260. The number of rotatable bonds is 0. The van der Waals surface area contributed by atoms with Gasteiger partial charge in [0.2, 0.25) is 0 Å². The van der Waals surface area contributed by atoms with Crippen LogP contribution < -0.4 is 0 Å². The Bertz CT molecular complexity index is 347. The smallest absolute Gasteiger partial charge is 0.255 e. The molecule has 0 heterocycles. The molecule has 16 heteroatoms. The van der Waals surface area contributed by atoms with E-state index in [1.54, 1.807) is 0 Å². The maximum atomic E-state index is 10.1. The van der Waals surface area contributed by atoms with Crippen LogP contribution in [0.1, 0.15) is 0 Å². The minimum atomic E-state index is -5.42. The van der Waals surface area contributed by atoms with Crippen LogP contribution in [0.2, 0.25) is 0 Å². The topological polar surface area (TPSA) is 172 Å². The zero-order valence-electron chi connectivity index (χ0n) is 6.33. The Morgan fingerprint density at radius 1 is 0.562 bits per heavy atom. The van der Waals surface area contributed by atoms with Crippen LogP contribution in [0.15, 0.2) is 0 Å². The van der Waals surface area contributed by atoms with E-state index in [0.717, 1.165) is 0 Å². The maximum Gasteiger partial charge on any atom is 0.255 e. The summed E-state index contributed by atoms with van der Waals surface area (Å²) >= 11 is 0. The molecule has 107 valence electrons. The van der Waals surface area contributed by atoms with Crippen LogP contribution in [0.4, 0.5) is 11.7 Å². The van der Waals surface area contributed by atoms with Crippen LogP contribution in [0.3, 0.4) is 0 Å². The van der Waals surface area contributed by atoms with Crippen LogP contribution >= 0.6 is 0 Å². The van der Waals surface area contributed by atoms with Gasteiger partial charge in [-0.2, -0.15) is 0 Å². The molecule has 0 N–H and O–H groups in total. The standard InChI is InChI=1S/Ag.3FHO3S/c;3*1-5(2,3)4/h;3*(H,2,3,4)/p-3. The average molecular weight is 405 g/mol. The van der Waals surface area contributed by atoms with E-state index in [1.165, 1.54) is 0 Å². The molecule has 0 aliphatic heterocycles. The fourth-order valence-corrected chi connectivity index (χ4v) is 0. The first-order valence-corrected chi connectivity index (χ1v) is 5.89. The molecule has 0 rings (SSSR count). The van der Waals surface area contributed by atoms with Gasteiger partial charge in [-0.3, -0.25) is 0 Å². The van der Waals surface area contributed by atoms with Crippen molar-refractivity contribution in [2.75, 3.05) is 0 Å². The summed E-state index contributed by atoms with van der Waals surface area (Å²) < 4.78 is 106. The van der Waals surface area contributed by atoms with Gasteiger partial charge in [0.15, 0.2) is 0 Å². The van der Waals surface area contributed by atoms with E-state index in [1.807, 2.05) is 0 Å². The van der Waals surface area contributed by atoms with E-state index >= 15 is 0 Å². The second kappa shape index (κ2) is 9.31. The Morgan fingerprint density at radius 3 is 0.562 bits per heavy atom. The van der Waals surface area contributed by atoms with Crippen molar-refractivity contribution in [2.24, 2.45) is 0 Å². The van der Waals surface area contributed by atoms with Crippen molar-refractivity contribution < 1.29 is 72.9 Å². The molecule has 16 heavy (non-hydrogen) atoms. The zero-order chi connectivity index (χ0) is 13.5. The van der Waals surface area contributed by atoms with Gasteiger partial charge in [-0.05, 0) is 0 Å². The molecule has 0 spiro atoms. The van der Waals surface area contributed by atoms with Gasteiger partial charge in [0.1, 0.15) is 0 Å². The van der Waals surface area contributed by atoms with Gasteiger partial charge in [-0.25, -0.2) is 25.3 Å². The van der Waals surface area contributed by atoms with Crippen molar-refractivity contribution in [3.8, 4) is 0 Å². The SMILES string of the molecule is O=S(=O)([O-])F.O=S(=O)([O-])F.O=S(=O)([O-])F.[Ag]. The summed E-state index contributed by atoms with van der Waals surface area (Å²) in [5.74, 6) is 0. The van der Waals surface area contributed by atoms with E-state index in [9.17, 15) is 11.7 Å². The molecule has 0 aromatic rings. The van der Waals surface area contributed by atoms with E-state index in [0.29, 0.717) is 0 Å². The van der Waals surface area contributed by atoms with Crippen LogP contribution in [0.5, 0.6) is 0 Å². The first kappa shape index (κ1) is 25.2. The molecule has 0 aliphatic carbocycles. The second-order valence-electron chi connectivity index (χ2n) is 1.18. The van der Waals surface area contributed by atoms with Gasteiger partial charge < -0.3 is 13.7 Å². The van der Waals surface area contributed by atoms with Crippen molar-refractivity contribution in [1.82, 2.24) is 0 Å². The molecule has 0 saturated heterocycles. The third-order valence-electron chi connectivity index (χ3n) is 0. The molecule has 0 unspecified atom stereocenters. The fourth-order valence-electron chi connectivity index (χ4n) is 0. The van der Waals surface area contributed by atoms with E-state index in [2.05, 4.69) is 0 Å². The molecule has 1 radical (unpaired) electrons. The van der Waals surface area contributed by atoms with Crippen molar-refractivity contribution >= 4 is 31.5 Å². The molecule has 9 nitrogen and oxygen atoms in total. The van der Waals surface area contributed by atoms with Crippen LogP contribution in [0.25, 0.3) is 0 Å². The summed E-state index contributed by atoms with van der Waals surface area (Å²) in [4.78, 5) is 0. The normalized spacial score (nSPS) is 10.9. The van der Waals surface area contributed by atoms with Gasteiger partial charge >= 0.3 is 0 Å². The predicted octanol–water partition coefficient (Wildman–Crippen LogP) is -1.75. The number of hydrogen-bond donors (Lipinski definition) is 0. The second-order valence-corrected chi connectivity index (χ2v) is 3.54. The molecule has 0 saturated carbocycles. The third-order valence-corrected chi connectivity index (χ3v) is 0. The van der Waals surface area contributed by atoms with Crippen LogP contribution in [-0.4, -0.2) is 38.9 Å². The summed E-state index contributed by atoms with van der Waals surface area (Å²) in [6, 6.07) is 0. The zero-order valence-corrected chi connectivity index (χ0v) is 10.3. The summed E-state index contributed by atoms with van der Waals surface area (Å²) in [5, 5.41) is 0. The quantitative estimate of drug-likeness (QED) is 0.257. The van der Waals surface area contributed by atoms with Gasteiger partial charge in [-0.15, -0.1) is 11.7 Å². The van der Waals surface area contributed by atoms with Crippen molar-refractivity contribution in [1.29, 1.82) is 0 Å². The first-order chi connectivity index (χ1) is 6.00. The Kier molecular flexibility index (Phi) is 14.7. The summed E-state index contributed by atoms with van der Waals surface area (Å²) in [5.41, 5.74) is 0. The summed E-state index contributed by atoms with van der Waals surface area (Å²) in [7, 11) is -16.2. The molecular weight excluding hydrogens is 405 g/mol. The van der Waals surface area contributed by atoms with E-state index in [-0.39, 0.29) is 22.4 Å². The minimum absolute atomic E-state index is 0. The fraction of sp³-hybridized carbons (Fsp3) is 0. The van der Waals surface area contributed by atoms with Crippen LogP contribution in [-0.2, 0) is 53.9 Å². The largest absolute Gasteiger partial charge is 0.722 e. The Labute approximate surface area is 104 Å². The number of hydrogen-bond acceptors (Lipinski definition) is 9. The van der Waals surface area contributed by atoms with Gasteiger partial charge in [0, 0.05) is 22.4 Å². The van der Waals surface area contributed by atoms with Crippen molar-refractivity contribution in [3.05, 3.63) is 0 Å². The molecule has 0 atom stereocenters. The molecule has 0 amide bonds. The van der Waals surface area contributed by atoms with Crippen molar-refractivity contribution in [3.63, 3.8) is 0 Å². The molecule has 0 aromatic heterocycles. The first-order valence-electron chi connectivity index (χ1n) is 1.96. The minimum Gasteiger partial charge on any atom is -0.722 e. The summed E-state index contributed by atoms with van der Waals surface area (Å²) in [6.45, 7) is 0. The summed E-state index contributed by atoms with van der Waals surface area (Å²) in [6.07, 6.45) is 0. The van der Waals surface area contributed by atoms with Gasteiger partial charge in [-0.1, -0.05) is 0 Å². The molecule has 0 aliphatic rings. The third kappa shape index (κ3) is 37000. The van der Waals surface area contributed by atoms with Crippen LogP contribution in [0, 0.1) is 0 Å². The van der Waals surface area contributed by atoms with Crippen molar-refractivity contribution in [2.45, 2.75) is 0 Å². The molecule has 0 aromatic carbocycles. The van der Waals surface area contributed by atoms with Gasteiger partial charge in [0.05, 0.1) is 0 Å². The monoisotopic (exact) mass is 404 g/mol. The predicted molar refractivity (Wildman–Crippen MR) is 32.4 cm³/mol. The number of halogens is 3. The maximum absolute atomic E-state index is 10.1. The Balaban J connectivity index is -0.0000000655. The van der Waals surface area contributed by atoms with Gasteiger partial charge in [0.25, 0.3) is 31.5 Å². The molecule has 0 fully saturated rings. The van der Waals surface area contributed by atoms with E-state index in [4.69, 9.17) is 38.9 Å². The Morgan fingerprint density at radius 2 is 0.562 bits per heavy atom. The molecular formula is AgF3O9S3-3.